The molecule has 7 nitrogen and oxygen atoms in total. The summed E-state index contributed by atoms with van der Waals surface area (Å²) in [7, 11) is 0. The number of hydrogen-bond donors (Lipinski definition) is 0. The maximum absolute atomic E-state index is 11.6. The molecule has 1 aromatic heterocycles. The van der Waals surface area contributed by atoms with Gasteiger partial charge in [0.25, 0.3) is 0 Å². The highest BCUT2D eigenvalue weighted by molar-refractivity contribution is 5.68. The second-order valence-electron chi connectivity index (χ2n) is 4.05. The van der Waals surface area contributed by atoms with Gasteiger partial charge in [-0.1, -0.05) is 0 Å². The van der Waals surface area contributed by atoms with Crippen molar-refractivity contribution < 1.29 is 9.53 Å². The molecule has 100 valence electrons. The van der Waals surface area contributed by atoms with Crippen molar-refractivity contribution >= 4 is 11.9 Å². The largest absolute Gasteiger partial charge is 0.450 e. The van der Waals surface area contributed by atoms with Crippen LogP contribution in [-0.2, 0) is 4.74 Å². The third-order valence-electron chi connectivity index (χ3n) is 2.87. The number of nitrogens with zero attached hydrogens (tertiary/aromatic N) is 5. The van der Waals surface area contributed by atoms with Gasteiger partial charge in [0, 0.05) is 26.2 Å². The maximum Gasteiger partial charge on any atom is 0.409 e. The number of aromatic nitrogens is 2. The van der Waals surface area contributed by atoms with E-state index < -0.39 is 0 Å². The van der Waals surface area contributed by atoms with E-state index in [9.17, 15) is 4.79 Å². The van der Waals surface area contributed by atoms with E-state index in [-0.39, 0.29) is 6.09 Å². The highest BCUT2D eigenvalue weighted by Crippen LogP contribution is 2.13. The van der Waals surface area contributed by atoms with Crippen LogP contribution in [0.3, 0.4) is 0 Å². The molecule has 1 aromatic rings. The molecule has 0 aromatic carbocycles. The third-order valence-corrected chi connectivity index (χ3v) is 2.87. The molecule has 0 aliphatic carbocycles. The van der Waals surface area contributed by atoms with Crippen LogP contribution in [0.25, 0.3) is 0 Å². The molecule has 0 N–H and O–H groups in total. The van der Waals surface area contributed by atoms with Crippen molar-refractivity contribution in [1.82, 2.24) is 14.9 Å². The van der Waals surface area contributed by atoms with E-state index in [1.165, 1.54) is 6.20 Å². The lowest BCUT2D eigenvalue weighted by Crippen LogP contribution is -2.49. The number of anilines is 1. The normalized spacial score (nSPS) is 14.9. The molecule has 1 fully saturated rings. The zero-order valence-corrected chi connectivity index (χ0v) is 10.7. The van der Waals surface area contributed by atoms with E-state index in [1.807, 2.05) is 11.0 Å². The van der Waals surface area contributed by atoms with Gasteiger partial charge in [0.1, 0.15) is 11.9 Å². The van der Waals surface area contributed by atoms with Gasteiger partial charge in [-0.3, -0.25) is 4.98 Å². The smallest absolute Gasteiger partial charge is 0.409 e. The van der Waals surface area contributed by atoms with Crippen LogP contribution in [0.5, 0.6) is 0 Å². The fraction of sp³-hybridized carbons (Fsp3) is 0.500. The number of amides is 1. The van der Waals surface area contributed by atoms with Crippen LogP contribution in [0.15, 0.2) is 12.4 Å². The topological polar surface area (TPSA) is 82.4 Å². The Kier molecular flexibility index (Phi) is 4.13. The number of piperazine rings is 1. The van der Waals surface area contributed by atoms with E-state index in [2.05, 4.69) is 9.97 Å². The molecule has 0 unspecified atom stereocenters. The molecule has 2 rings (SSSR count). The van der Waals surface area contributed by atoms with Crippen LogP contribution in [0.1, 0.15) is 12.6 Å². The first-order valence-electron chi connectivity index (χ1n) is 6.13. The van der Waals surface area contributed by atoms with E-state index in [0.717, 1.165) is 0 Å². The monoisotopic (exact) mass is 261 g/mol. The van der Waals surface area contributed by atoms with Gasteiger partial charge in [-0.15, -0.1) is 0 Å². The molecular formula is C12H15N5O2. The van der Waals surface area contributed by atoms with Crippen molar-refractivity contribution in [3.8, 4) is 6.07 Å². The van der Waals surface area contributed by atoms with Crippen LogP contribution >= 0.6 is 0 Å². The minimum Gasteiger partial charge on any atom is -0.450 e. The molecule has 2 heterocycles. The predicted octanol–water partition coefficient (Wildman–Crippen LogP) is 0.627. The Hall–Kier alpha value is -2.36. The van der Waals surface area contributed by atoms with E-state index >= 15 is 0 Å². The molecule has 0 atom stereocenters. The fourth-order valence-corrected chi connectivity index (χ4v) is 1.89. The second-order valence-corrected chi connectivity index (χ2v) is 4.05. The van der Waals surface area contributed by atoms with Gasteiger partial charge in [-0.25, -0.2) is 9.78 Å². The van der Waals surface area contributed by atoms with E-state index in [0.29, 0.717) is 44.3 Å². The van der Waals surface area contributed by atoms with Gasteiger partial charge >= 0.3 is 6.09 Å². The molecule has 1 aliphatic heterocycles. The summed E-state index contributed by atoms with van der Waals surface area (Å²) in [6, 6.07) is 1.97. The van der Waals surface area contributed by atoms with Gasteiger partial charge in [-0.05, 0) is 6.92 Å². The Bertz CT molecular complexity index is 491. The molecule has 0 radical (unpaired) electrons. The van der Waals surface area contributed by atoms with Crippen LogP contribution < -0.4 is 4.90 Å². The lowest BCUT2D eigenvalue weighted by Gasteiger charge is -2.34. The minimum absolute atomic E-state index is 0.279. The summed E-state index contributed by atoms with van der Waals surface area (Å²) in [6.07, 6.45) is 2.78. The summed E-state index contributed by atoms with van der Waals surface area (Å²) in [5.41, 5.74) is 0.297. The molecule has 0 spiro atoms. The quantitative estimate of drug-likeness (QED) is 0.776. The van der Waals surface area contributed by atoms with Gasteiger partial charge in [0.05, 0.1) is 19.0 Å². The zero-order chi connectivity index (χ0) is 13.7. The average Bonchev–Trinajstić information content (AvgIpc) is 2.48. The van der Waals surface area contributed by atoms with Gasteiger partial charge in [0.15, 0.2) is 5.69 Å². The molecule has 1 saturated heterocycles. The van der Waals surface area contributed by atoms with Crippen molar-refractivity contribution in [2.75, 3.05) is 37.7 Å². The Morgan fingerprint density at radius 1 is 1.42 bits per heavy atom. The third kappa shape index (κ3) is 3.10. The number of hydrogen-bond acceptors (Lipinski definition) is 6. The first kappa shape index (κ1) is 13.1. The SMILES string of the molecule is CCOC(=O)N1CCN(c2cncc(C#N)n2)CC1. The maximum atomic E-state index is 11.6. The molecule has 1 amide bonds. The van der Waals surface area contributed by atoms with Crippen LogP contribution in [0.4, 0.5) is 10.6 Å². The van der Waals surface area contributed by atoms with Gasteiger partial charge in [0.2, 0.25) is 0 Å². The average molecular weight is 261 g/mol. The van der Waals surface area contributed by atoms with Crippen molar-refractivity contribution in [2.45, 2.75) is 6.92 Å². The Morgan fingerprint density at radius 2 is 2.16 bits per heavy atom. The number of nitriles is 1. The highest BCUT2D eigenvalue weighted by atomic mass is 16.6. The van der Waals surface area contributed by atoms with Crippen molar-refractivity contribution in [3.63, 3.8) is 0 Å². The number of rotatable bonds is 2. The molecule has 0 bridgehead atoms. The second kappa shape index (κ2) is 6.00. The lowest BCUT2D eigenvalue weighted by atomic mass is 10.3. The number of ether oxygens (including phenoxy) is 1. The summed E-state index contributed by atoms with van der Waals surface area (Å²) in [4.78, 5) is 23.4. The predicted molar refractivity (Wildman–Crippen MR) is 67.6 cm³/mol. The molecule has 19 heavy (non-hydrogen) atoms. The summed E-state index contributed by atoms with van der Waals surface area (Å²) in [5, 5.41) is 8.79. The summed E-state index contributed by atoms with van der Waals surface area (Å²) < 4.78 is 4.96. The van der Waals surface area contributed by atoms with Crippen LogP contribution in [-0.4, -0.2) is 53.7 Å². The van der Waals surface area contributed by atoms with Crippen LogP contribution in [0, 0.1) is 11.3 Å². The standard InChI is InChI=1S/C12H15N5O2/c1-2-19-12(18)17-5-3-16(4-6-17)11-9-14-8-10(7-13)15-11/h8-9H,2-6H2,1H3. The molecule has 7 heteroatoms. The number of carbonyl (C=O) groups is 1. The summed E-state index contributed by atoms with van der Waals surface area (Å²) in [6.45, 7) is 4.64. The first-order chi connectivity index (χ1) is 9.24. The van der Waals surface area contributed by atoms with Gasteiger partial charge in [-0.2, -0.15) is 5.26 Å². The van der Waals surface area contributed by atoms with Crippen molar-refractivity contribution in [1.29, 1.82) is 5.26 Å². The Labute approximate surface area is 111 Å². The minimum atomic E-state index is -0.279. The van der Waals surface area contributed by atoms with Crippen LogP contribution in [0.2, 0.25) is 0 Å². The van der Waals surface area contributed by atoms with Crippen molar-refractivity contribution in [2.24, 2.45) is 0 Å². The van der Waals surface area contributed by atoms with Crippen molar-refractivity contribution in [3.05, 3.63) is 18.1 Å². The Morgan fingerprint density at radius 3 is 2.79 bits per heavy atom. The molecule has 1 aliphatic rings. The first-order valence-corrected chi connectivity index (χ1v) is 6.13. The summed E-state index contributed by atoms with van der Waals surface area (Å²) >= 11 is 0. The molecule has 0 saturated carbocycles. The lowest BCUT2D eigenvalue weighted by molar-refractivity contribution is 0.105. The molecular weight excluding hydrogens is 246 g/mol. The zero-order valence-electron chi connectivity index (χ0n) is 10.7. The highest BCUT2D eigenvalue weighted by Gasteiger charge is 2.22. The summed E-state index contributed by atoms with van der Waals surface area (Å²) in [5.74, 6) is 0.669. The van der Waals surface area contributed by atoms with E-state index in [1.54, 1.807) is 18.0 Å². The fourth-order valence-electron chi connectivity index (χ4n) is 1.89. The van der Waals surface area contributed by atoms with Gasteiger partial charge < -0.3 is 14.5 Å². The van der Waals surface area contributed by atoms with E-state index in [4.69, 9.17) is 10.00 Å². The number of carbonyl (C=O) groups excluding carboxylic acids is 1. The Balaban J connectivity index is 1.96.